The number of halogens is 3. The van der Waals surface area contributed by atoms with Crippen molar-refractivity contribution in [3.63, 3.8) is 0 Å². The molecule has 37 heavy (non-hydrogen) atoms. The maximum absolute atomic E-state index is 12.9. The molecule has 0 saturated carbocycles. The van der Waals surface area contributed by atoms with Crippen molar-refractivity contribution in [1.82, 2.24) is 20.2 Å². The maximum atomic E-state index is 12.9. The molecule has 0 radical (unpaired) electrons. The van der Waals surface area contributed by atoms with Gasteiger partial charge in [0.05, 0.1) is 43.5 Å². The molecule has 1 aliphatic heterocycles. The number of pyridine rings is 2. The van der Waals surface area contributed by atoms with Gasteiger partial charge in [0, 0.05) is 36.1 Å². The monoisotopic (exact) mass is 518 g/mol. The lowest BCUT2D eigenvalue weighted by Gasteiger charge is -2.30. The summed E-state index contributed by atoms with van der Waals surface area (Å²) in [7, 11) is 0. The molecule has 4 rings (SSSR count). The Morgan fingerprint density at radius 2 is 1.84 bits per heavy atom. The SMILES string of the molecule is CC.CCOc1ncc(-c2cc(NC(=O)c3cnnc(C(F)(F)F)c3)cnc2C)cc1N1CCOCC1. The molecular weight excluding hydrogens is 489 g/mol. The number of hydrogen-bond donors (Lipinski definition) is 1. The zero-order valence-electron chi connectivity index (χ0n) is 21.1. The van der Waals surface area contributed by atoms with Crippen LogP contribution in [0.4, 0.5) is 24.5 Å². The highest BCUT2D eigenvalue weighted by Gasteiger charge is 2.33. The standard InChI is InChI=1S/C23H23F3N6O3.C2H6/c1-3-35-22-19(32-4-6-34-7-5-32)8-15(11-28-22)18-10-17(13-27-14(18)2)30-21(33)16-9-20(23(24,25)26)31-29-12-16;1-2/h8-13H,3-7H2,1-2H3,(H,30,33);1-2H3. The molecule has 0 aromatic carbocycles. The minimum absolute atomic E-state index is 0.271. The first-order valence-corrected chi connectivity index (χ1v) is 11.9. The molecular formula is C25H29F3N6O3. The summed E-state index contributed by atoms with van der Waals surface area (Å²) in [6, 6.07) is 4.29. The molecule has 1 saturated heterocycles. The van der Waals surface area contributed by atoms with Crippen LogP contribution in [0.3, 0.4) is 0 Å². The molecule has 1 aliphatic rings. The molecule has 12 heteroatoms. The van der Waals surface area contributed by atoms with Crippen LogP contribution in [0, 0.1) is 6.92 Å². The highest BCUT2D eigenvalue weighted by atomic mass is 19.4. The molecule has 3 aromatic heterocycles. The fraction of sp³-hybridized carbons (Fsp3) is 0.400. The zero-order valence-corrected chi connectivity index (χ0v) is 21.1. The van der Waals surface area contributed by atoms with Gasteiger partial charge < -0.3 is 19.7 Å². The lowest BCUT2D eigenvalue weighted by Crippen LogP contribution is -2.36. The summed E-state index contributed by atoms with van der Waals surface area (Å²) in [6.07, 6.45) is -0.646. The summed E-state index contributed by atoms with van der Waals surface area (Å²) in [5.74, 6) is -0.250. The molecule has 3 aromatic rings. The fourth-order valence-corrected chi connectivity index (χ4v) is 3.59. The van der Waals surface area contributed by atoms with Gasteiger partial charge in [-0.1, -0.05) is 13.8 Å². The average Bonchev–Trinajstić information content (AvgIpc) is 2.91. The van der Waals surface area contributed by atoms with Gasteiger partial charge in [0.1, 0.15) is 5.69 Å². The van der Waals surface area contributed by atoms with Gasteiger partial charge in [-0.25, -0.2) is 4.98 Å². The van der Waals surface area contributed by atoms with Crippen LogP contribution in [0.25, 0.3) is 11.1 Å². The number of nitrogens with zero attached hydrogens (tertiary/aromatic N) is 5. The number of ether oxygens (including phenoxy) is 2. The summed E-state index contributed by atoms with van der Waals surface area (Å²) in [5, 5.41) is 8.90. The lowest BCUT2D eigenvalue weighted by atomic mass is 10.0. The average molecular weight is 519 g/mol. The van der Waals surface area contributed by atoms with E-state index in [0.717, 1.165) is 17.4 Å². The van der Waals surface area contributed by atoms with Crippen molar-refractivity contribution in [2.45, 2.75) is 33.9 Å². The predicted molar refractivity (Wildman–Crippen MR) is 133 cm³/mol. The van der Waals surface area contributed by atoms with E-state index in [1.165, 1.54) is 6.20 Å². The van der Waals surface area contributed by atoms with Crippen molar-refractivity contribution in [2.75, 3.05) is 43.1 Å². The third-order valence-electron chi connectivity index (χ3n) is 5.33. The van der Waals surface area contributed by atoms with Gasteiger partial charge in [0.2, 0.25) is 5.88 Å². The summed E-state index contributed by atoms with van der Waals surface area (Å²) in [5.41, 5.74) is 1.76. The quantitative estimate of drug-likeness (QED) is 0.498. The Balaban J connectivity index is 0.00000186. The van der Waals surface area contributed by atoms with Crippen molar-refractivity contribution < 1.29 is 27.4 Å². The van der Waals surface area contributed by atoms with Gasteiger partial charge in [-0.2, -0.15) is 18.3 Å². The van der Waals surface area contributed by atoms with Crippen molar-refractivity contribution in [3.05, 3.63) is 53.7 Å². The molecule has 1 fully saturated rings. The first-order chi connectivity index (χ1) is 17.8. The van der Waals surface area contributed by atoms with Crippen molar-refractivity contribution in [3.8, 4) is 17.0 Å². The molecule has 0 spiro atoms. The number of carbonyl (C=O) groups excluding carboxylic acids is 1. The Morgan fingerprint density at radius 1 is 1.11 bits per heavy atom. The Labute approximate surface area is 213 Å². The number of anilines is 2. The number of rotatable bonds is 6. The molecule has 198 valence electrons. The van der Waals surface area contributed by atoms with E-state index in [-0.39, 0.29) is 5.56 Å². The van der Waals surface area contributed by atoms with Gasteiger partial charge in [0.15, 0.2) is 5.69 Å². The van der Waals surface area contributed by atoms with E-state index >= 15 is 0 Å². The third kappa shape index (κ3) is 6.91. The number of amides is 1. The Kier molecular flexibility index (Phi) is 9.34. The highest BCUT2D eigenvalue weighted by molar-refractivity contribution is 6.04. The predicted octanol–water partition coefficient (Wildman–Crippen LogP) is 4.77. The largest absolute Gasteiger partial charge is 0.476 e. The Morgan fingerprint density at radius 3 is 2.51 bits per heavy atom. The first-order valence-electron chi connectivity index (χ1n) is 11.9. The number of morpholine rings is 1. The zero-order chi connectivity index (χ0) is 27.0. The molecule has 1 amide bonds. The van der Waals surface area contributed by atoms with E-state index in [1.807, 2.05) is 33.8 Å². The topological polar surface area (TPSA) is 102 Å². The number of aryl methyl sites for hydroxylation is 1. The van der Waals surface area contributed by atoms with Crippen LogP contribution in [0.15, 0.2) is 36.8 Å². The van der Waals surface area contributed by atoms with Crippen LogP contribution in [0.2, 0.25) is 0 Å². The van der Waals surface area contributed by atoms with Crippen molar-refractivity contribution in [1.29, 1.82) is 0 Å². The molecule has 0 aliphatic carbocycles. The van der Waals surface area contributed by atoms with Crippen LogP contribution >= 0.6 is 0 Å². The Hall–Kier alpha value is -3.80. The highest BCUT2D eigenvalue weighted by Crippen LogP contribution is 2.34. The van der Waals surface area contributed by atoms with E-state index in [0.29, 0.717) is 61.8 Å². The summed E-state index contributed by atoms with van der Waals surface area (Å²) < 4.78 is 49.9. The fourth-order valence-electron chi connectivity index (χ4n) is 3.59. The van der Waals surface area contributed by atoms with E-state index in [4.69, 9.17) is 9.47 Å². The molecule has 1 N–H and O–H groups in total. The van der Waals surface area contributed by atoms with Crippen LogP contribution in [-0.2, 0) is 10.9 Å². The molecule has 0 bridgehead atoms. The minimum atomic E-state index is -4.71. The normalized spacial score (nSPS) is 13.4. The van der Waals surface area contributed by atoms with Crippen molar-refractivity contribution >= 4 is 17.3 Å². The van der Waals surface area contributed by atoms with E-state index < -0.39 is 17.8 Å². The van der Waals surface area contributed by atoms with Gasteiger partial charge in [-0.05, 0) is 32.0 Å². The number of carbonyl (C=O) groups is 1. The van der Waals surface area contributed by atoms with Gasteiger partial charge in [-0.3, -0.25) is 9.78 Å². The number of nitrogens with one attached hydrogen (secondary N) is 1. The molecule has 4 heterocycles. The van der Waals surface area contributed by atoms with Crippen LogP contribution in [0.1, 0.15) is 42.5 Å². The van der Waals surface area contributed by atoms with Crippen LogP contribution in [-0.4, -0.2) is 59.0 Å². The molecule has 0 unspecified atom stereocenters. The third-order valence-corrected chi connectivity index (χ3v) is 5.33. The second-order valence-corrected chi connectivity index (χ2v) is 7.72. The minimum Gasteiger partial charge on any atom is -0.476 e. The van der Waals surface area contributed by atoms with E-state index in [1.54, 1.807) is 12.3 Å². The first kappa shape index (κ1) is 27.8. The number of aromatic nitrogens is 4. The van der Waals surface area contributed by atoms with E-state index in [9.17, 15) is 18.0 Å². The second-order valence-electron chi connectivity index (χ2n) is 7.72. The van der Waals surface area contributed by atoms with Crippen molar-refractivity contribution in [2.24, 2.45) is 0 Å². The van der Waals surface area contributed by atoms with Gasteiger partial charge in [-0.15, -0.1) is 5.10 Å². The van der Waals surface area contributed by atoms with Crippen LogP contribution < -0.4 is 15.0 Å². The second kappa shape index (κ2) is 12.4. The van der Waals surface area contributed by atoms with Gasteiger partial charge in [0.25, 0.3) is 5.91 Å². The summed E-state index contributed by atoms with van der Waals surface area (Å²) >= 11 is 0. The lowest BCUT2D eigenvalue weighted by molar-refractivity contribution is -0.141. The number of alkyl halides is 3. The summed E-state index contributed by atoms with van der Waals surface area (Å²) in [6.45, 7) is 10.7. The molecule has 9 nitrogen and oxygen atoms in total. The van der Waals surface area contributed by atoms with E-state index in [2.05, 4.69) is 30.4 Å². The smallest absolute Gasteiger partial charge is 0.435 e. The molecule has 0 atom stereocenters. The van der Waals surface area contributed by atoms with Gasteiger partial charge >= 0.3 is 6.18 Å². The summed E-state index contributed by atoms with van der Waals surface area (Å²) in [4.78, 5) is 23.5. The van der Waals surface area contributed by atoms with Crippen LogP contribution in [0.5, 0.6) is 5.88 Å². The Bertz CT molecular complexity index is 1220. The maximum Gasteiger partial charge on any atom is 0.435 e. The number of hydrogen-bond acceptors (Lipinski definition) is 8.